The van der Waals surface area contributed by atoms with Gasteiger partial charge in [0.15, 0.2) is 0 Å². The molecule has 2 N–H and O–H groups in total. The van der Waals surface area contributed by atoms with Gasteiger partial charge in [-0.2, -0.15) is 0 Å². The molecule has 0 saturated heterocycles. The first-order valence-corrected chi connectivity index (χ1v) is 9.00. The smallest absolute Gasteiger partial charge is 0.411 e. The molecule has 23 heavy (non-hydrogen) atoms. The number of halogens is 1. The summed E-state index contributed by atoms with van der Waals surface area (Å²) in [5.41, 5.74) is 0.777. The summed E-state index contributed by atoms with van der Waals surface area (Å²) in [6.45, 7) is 1.91. The van der Waals surface area contributed by atoms with E-state index in [9.17, 15) is 13.2 Å². The summed E-state index contributed by atoms with van der Waals surface area (Å²) in [6, 6.07) is 12.7. The second-order valence-electron chi connectivity index (χ2n) is 4.49. The Morgan fingerprint density at radius 1 is 1.13 bits per heavy atom. The molecule has 0 spiro atoms. The molecule has 0 heterocycles. The summed E-state index contributed by atoms with van der Waals surface area (Å²) >= 11 is 3.29. The molecule has 2 aromatic carbocycles. The number of nitrogens with one attached hydrogen (secondary N) is 2. The van der Waals surface area contributed by atoms with E-state index in [2.05, 4.69) is 26.0 Å². The standard InChI is InChI=1S/C15H15BrN2O4S/c1-2-22-15(19)17-13-4-3-5-14(10-13)23(20,21)18-12-8-6-11(16)7-9-12/h3-10,18H,2H2,1H3,(H,17,19). The predicted molar refractivity (Wildman–Crippen MR) is 92.0 cm³/mol. The Hall–Kier alpha value is -2.06. The van der Waals surface area contributed by atoms with Gasteiger partial charge in [-0.15, -0.1) is 0 Å². The van der Waals surface area contributed by atoms with Crippen LogP contribution in [0.4, 0.5) is 16.2 Å². The van der Waals surface area contributed by atoms with Crippen LogP contribution in [-0.2, 0) is 14.8 Å². The number of hydrogen-bond donors (Lipinski definition) is 2. The molecule has 0 aliphatic rings. The Kier molecular flexibility index (Phi) is 5.62. The van der Waals surface area contributed by atoms with Gasteiger partial charge in [-0.1, -0.05) is 22.0 Å². The maximum atomic E-state index is 12.4. The zero-order chi connectivity index (χ0) is 16.9. The highest BCUT2D eigenvalue weighted by Crippen LogP contribution is 2.21. The second kappa shape index (κ2) is 7.47. The van der Waals surface area contributed by atoms with Crippen molar-refractivity contribution in [1.29, 1.82) is 0 Å². The van der Waals surface area contributed by atoms with Crippen molar-refractivity contribution in [3.05, 3.63) is 53.0 Å². The van der Waals surface area contributed by atoms with E-state index in [1.165, 1.54) is 18.2 Å². The summed E-state index contributed by atoms with van der Waals surface area (Å²) in [7, 11) is -3.75. The monoisotopic (exact) mass is 398 g/mol. The largest absolute Gasteiger partial charge is 0.450 e. The number of hydrogen-bond acceptors (Lipinski definition) is 4. The third kappa shape index (κ3) is 4.97. The van der Waals surface area contributed by atoms with E-state index in [1.54, 1.807) is 37.3 Å². The summed E-state index contributed by atoms with van der Waals surface area (Å²) < 4.78 is 32.8. The molecule has 2 aromatic rings. The fourth-order valence-electron chi connectivity index (χ4n) is 1.76. The first-order valence-electron chi connectivity index (χ1n) is 6.73. The number of amides is 1. The van der Waals surface area contributed by atoms with E-state index < -0.39 is 16.1 Å². The minimum atomic E-state index is -3.75. The lowest BCUT2D eigenvalue weighted by molar-refractivity contribution is 0.168. The third-order valence-electron chi connectivity index (χ3n) is 2.76. The first-order chi connectivity index (χ1) is 10.9. The number of rotatable bonds is 5. The summed E-state index contributed by atoms with van der Waals surface area (Å²) in [4.78, 5) is 11.4. The van der Waals surface area contributed by atoms with Gasteiger partial charge in [0.25, 0.3) is 10.0 Å². The molecule has 0 aliphatic carbocycles. The van der Waals surface area contributed by atoms with Gasteiger partial charge in [-0.05, 0) is 49.4 Å². The molecule has 0 atom stereocenters. The van der Waals surface area contributed by atoms with Crippen LogP contribution in [0, 0.1) is 0 Å². The van der Waals surface area contributed by atoms with Crippen LogP contribution in [0.1, 0.15) is 6.92 Å². The highest BCUT2D eigenvalue weighted by atomic mass is 79.9. The lowest BCUT2D eigenvalue weighted by Gasteiger charge is -2.10. The van der Waals surface area contributed by atoms with E-state index in [1.807, 2.05) is 0 Å². The number of anilines is 2. The van der Waals surface area contributed by atoms with Crippen LogP contribution in [0.15, 0.2) is 57.9 Å². The van der Waals surface area contributed by atoms with Crippen molar-refractivity contribution >= 4 is 43.4 Å². The summed E-state index contributed by atoms with van der Waals surface area (Å²) in [5, 5.41) is 2.47. The molecular formula is C15H15BrN2O4S. The molecule has 0 aliphatic heterocycles. The van der Waals surface area contributed by atoms with Crippen molar-refractivity contribution in [2.45, 2.75) is 11.8 Å². The van der Waals surface area contributed by atoms with Crippen LogP contribution in [0.2, 0.25) is 0 Å². The molecule has 0 unspecified atom stereocenters. The molecule has 0 bridgehead atoms. The maximum Gasteiger partial charge on any atom is 0.411 e. The number of benzene rings is 2. The maximum absolute atomic E-state index is 12.4. The van der Waals surface area contributed by atoms with Crippen LogP contribution < -0.4 is 10.0 Å². The summed E-state index contributed by atoms with van der Waals surface area (Å²) in [5.74, 6) is 0. The summed E-state index contributed by atoms with van der Waals surface area (Å²) in [6.07, 6.45) is -0.636. The normalized spacial score (nSPS) is 10.9. The molecule has 6 nitrogen and oxygen atoms in total. The molecule has 122 valence electrons. The van der Waals surface area contributed by atoms with E-state index in [0.717, 1.165) is 4.47 Å². The molecular weight excluding hydrogens is 384 g/mol. The van der Waals surface area contributed by atoms with Crippen molar-refractivity contribution in [1.82, 2.24) is 0 Å². The van der Waals surface area contributed by atoms with Gasteiger partial charge in [0.1, 0.15) is 0 Å². The van der Waals surface area contributed by atoms with Crippen LogP contribution in [0.3, 0.4) is 0 Å². The van der Waals surface area contributed by atoms with Gasteiger partial charge in [0.05, 0.1) is 11.5 Å². The predicted octanol–water partition coefficient (Wildman–Crippen LogP) is 3.82. The van der Waals surface area contributed by atoms with E-state index >= 15 is 0 Å². The van der Waals surface area contributed by atoms with Gasteiger partial charge in [-0.25, -0.2) is 13.2 Å². The molecule has 0 radical (unpaired) electrons. The lowest BCUT2D eigenvalue weighted by Crippen LogP contribution is -2.15. The number of carbonyl (C=O) groups is 1. The van der Waals surface area contributed by atoms with Crippen LogP contribution in [-0.4, -0.2) is 21.1 Å². The van der Waals surface area contributed by atoms with E-state index in [4.69, 9.17) is 4.74 Å². The zero-order valence-corrected chi connectivity index (χ0v) is 14.6. The third-order valence-corrected chi connectivity index (χ3v) is 4.67. The van der Waals surface area contributed by atoms with E-state index in [-0.39, 0.29) is 11.5 Å². The van der Waals surface area contributed by atoms with Gasteiger partial charge in [-0.3, -0.25) is 10.0 Å². The van der Waals surface area contributed by atoms with Crippen molar-refractivity contribution in [3.8, 4) is 0 Å². The van der Waals surface area contributed by atoms with E-state index in [0.29, 0.717) is 11.4 Å². The average Bonchev–Trinajstić information content (AvgIpc) is 2.50. The minimum absolute atomic E-state index is 0.0368. The minimum Gasteiger partial charge on any atom is -0.450 e. The van der Waals surface area contributed by atoms with Gasteiger partial charge in [0, 0.05) is 15.8 Å². The second-order valence-corrected chi connectivity index (χ2v) is 7.08. The van der Waals surface area contributed by atoms with Gasteiger partial charge < -0.3 is 4.74 Å². The fraction of sp³-hybridized carbons (Fsp3) is 0.133. The zero-order valence-electron chi connectivity index (χ0n) is 12.2. The molecule has 0 saturated carbocycles. The molecule has 0 fully saturated rings. The first kappa shape index (κ1) is 17.3. The van der Waals surface area contributed by atoms with Crippen molar-refractivity contribution in [2.75, 3.05) is 16.6 Å². The quantitative estimate of drug-likeness (QED) is 0.801. The average molecular weight is 399 g/mol. The Labute approximate surface area is 143 Å². The van der Waals surface area contributed by atoms with Crippen LogP contribution in [0.25, 0.3) is 0 Å². The topological polar surface area (TPSA) is 84.5 Å². The van der Waals surface area contributed by atoms with Crippen molar-refractivity contribution < 1.29 is 17.9 Å². The van der Waals surface area contributed by atoms with Gasteiger partial charge >= 0.3 is 6.09 Å². The Balaban J connectivity index is 2.19. The Bertz CT molecular complexity index is 791. The number of sulfonamides is 1. The molecule has 1 amide bonds. The van der Waals surface area contributed by atoms with Crippen molar-refractivity contribution in [3.63, 3.8) is 0 Å². The van der Waals surface area contributed by atoms with Crippen LogP contribution in [0.5, 0.6) is 0 Å². The van der Waals surface area contributed by atoms with Crippen LogP contribution >= 0.6 is 15.9 Å². The highest BCUT2D eigenvalue weighted by Gasteiger charge is 2.15. The molecule has 0 aromatic heterocycles. The molecule has 8 heteroatoms. The number of carbonyl (C=O) groups excluding carboxylic acids is 1. The lowest BCUT2D eigenvalue weighted by atomic mass is 10.3. The van der Waals surface area contributed by atoms with Gasteiger partial charge in [0.2, 0.25) is 0 Å². The Morgan fingerprint density at radius 3 is 2.48 bits per heavy atom. The van der Waals surface area contributed by atoms with Crippen molar-refractivity contribution in [2.24, 2.45) is 0 Å². The fourth-order valence-corrected chi connectivity index (χ4v) is 3.13. The SMILES string of the molecule is CCOC(=O)Nc1cccc(S(=O)(=O)Nc2ccc(Br)cc2)c1. The number of ether oxygens (including phenoxy) is 1. The molecule has 2 rings (SSSR count). The Morgan fingerprint density at radius 2 is 1.83 bits per heavy atom. The highest BCUT2D eigenvalue weighted by molar-refractivity contribution is 9.10.